The van der Waals surface area contributed by atoms with Gasteiger partial charge in [0.25, 0.3) is 0 Å². The molecule has 0 aromatic heterocycles. The number of hydrogen-bond acceptors (Lipinski definition) is 3. The van der Waals surface area contributed by atoms with Crippen LogP contribution in [0.3, 0.4) is 0 Å². The van der Waals surface area contributed by atoms with Crippen LogP contribution in [0.25, 0.3) is 10.8 Å². The molecule has 1 aliphatic carbocycles. The van der Waals surface area contributed by atoms with Crippen molar-refractivity contribution in [3.63, 3.8) is 0 Å². The topological polar surface area (TPSA) is 41.5 Å². The molecule has 0 aliphatic heterocycles. The summed E-state index contributed by atoms with van der Waals surface area (Å²) in [6.07, 6.45) is 2.02. The van der Waals surface area contributed by atoms with E-state index in [4.69, 9.17) is 4.74 Å². The normalized spacial score (nSPS) is 23.5. The maximum absolute atomic E-state index is 10.3. The first-order valence-corrected chi connectivity index (χ1v) is 7.19. The minimum atomic E-state index is -0.457. The number of hydrogen-bond donors (Lipinski definition) is 2. The smallest absolute Gasteiger partial charge is 0.0914 e. The van der Waals surface area contributed by atoms with Gasteiger partial charge in [0.2, 0.25) is 0 Å². The van der Waals surface area contributed by atoms with Crippen LogP contribution in [0.1, 0.15) is 24.5 Å². The molecule has 20 heavy (non-hydrogen) atoms. The van der Waals surface area contributed by atoms with Gasteiger partial charge in [0.15, 0.2) is 0 Å². The molecule has 1 atom stereocenters. The Morgan fingerprint density at radius 3 is 2.70 bits per heavy atom. The van der Waals surface area contributed by atoms with Gasteiger partial charge in [0.05, 0.1) is 12.2 Å². The maximum atomic E-state index is 10.3. The summed E-state index contributed by atoms with van der Waals surface area (Å²) in [5, 5.41) is 16.1. The highest BCUT2D eigenvalue weighted by molar-refractivity contribution is 5.83. The van der Waals surface area contributed by atoms with E-state index in [2.05, 4.69) is 29.6 Å². The van der Waals surface area contributed by atoms with Crippen molar-refractivity contribution in [2.45, 2.75) is 31.1 Å². The molecular formula is C17H21NO2. The van der Waals surface area contributed by atoms with Gasteiger partial charge >= 0.3 is 0 Å². The predicted molar refractivity (Wildman–Crippen MR) is 80.7 cm³/mol. The molecule has 0 bridgehead atoms. The van der Waals surface area contributed by atoms with E-state index >= 15 is 0 Å². The standard InChI is InChI=1S/C17H21NO2/c1-20-16-9-15(10-16)18-11-17(19)14-7-6-12-4-2-3-5-13(12)8-14/h2-8,15-19H,9-11H2,1H3. The molecule has 3 nitrogen and oxygen atoms in total. The summed E-state index contributed by atoms with van der Waals surface area (Å²) < 4.78 is 5.25. The number of rotatable bonds is 5. The summed E-state index contributed by atoms with van der Waals surface area (Å²) in [5.41, 5.74) is 0.971. The lowest BCUT2D eigenvalue weighted by Gasteiger charge is -2.35. The highest BCUT2D eigenvalue weighted by Gasteiger charge is 2.28. The lowest BCUT2D eigenvalue weighted by Crippen LogP contribution is -2.46. The zero-order valence-electron chi connectivity index (χ0n) is 11.8. The van der Waals surface area contributed by atoms with Crippen molar-refractivity contribution in [3.05, 3.63) is 48.0 Å². The van der Waals surface area contributed by atoms with Crippen molar-refractivity contribution >= 4 is 10.8 Å². The van der Waals surface area contributed by atoms with Crippen molar-refractivity contribution in [1.29, 1.82) is 0 Å². The predicted octanol–water partition coefficient (Wildman–Crippen LogP) is 2.64. The van der Waals surface area contributed by atoms with Gasteiger partial charge in [0.1, 0.15) is 0 Å². The van der Waals surface area contributed by atoms with Gasteiger partial charge in [-0.3, -0.25) is 0 Å². The molecule has 1 saturated carbocycles. The van der Waals surface area contributed by atoms with Gasteiger partial charge in [-0.25, -0.2) is 0 Å². The minimum absolute atomic E-state index is 0.394. The molecule has 0 saturated heterocycles. The quantitative estimate of drug-likeness (QED) is 0.878. The Hall–Kier alpha value is -1.42. The first kappa shape index (κ1) is 13.6. The van der Waals surface area contributed by atoms with Gasteiger partial charge < -0.3 is 15.2 Å². The molecule has 0 heterocycles. The van der Waals surface area contributed by atoms with Crippen LogP contribution < -0.4 is 5.32 Å². The first-order valence-electron chi connectivity index (χ1n) is 7.19. The van der Waals surface area contributed by atoms with Crippen molar-refractivity contribution in [1.82, 2.24) is 5.32 Å². The third-order valence-corrected chi connectivity index (χ3v) is 4.19. The van der Waals surface area contributed by atoms with Crippen LogP contribution in [-0.4, -0.2) is 30.9 Å². The van der Waals surface area contributed by atoms with Gasteiger partial charge in [-0.1, -0.05) is 36.4 Å². The van der Waals surface area contributed by atoms with E-state index in [1.807, 2.05) is 18.2 Å². The Labute approximate surface area is 119 Å². The summed E-state index contributed by atoms with van der Waals surface area (Å²) in [7, 11) is 1.75. The van der Waals surface area contributed by atoms with E-state index in [-0.39, 0.29) is 0 Å². The third kappa shape index (κ3) is 2.85. The van der Waals surface area contributed by atoms with Crippen LogP contribution in [0.5, 0.6) is 0 Å². The number of fused-ring (bicyclic) bond motifs is 1. The Morgan fingerprint density at radius 1 is 1.20 bits per heavy atom. The molecule has 3 rings (SSSR count). The van der Waals surface area contributed by atoms with Crippen LogP contribution in [0, 0.1) is 0 Å². The minimum Gasteiger partial charge on any atom is -0.387 e. The van der Waals surface area contributed by atoms with E-state index in [1.165, 1.54) is 10.8 Å². The van der Waals surface area contributed by atoms with Gasteiger partial charge in [0, 0.05) is 19.7 Å². The third-order valence-electron chi connectivity index (χ3n) is 4.19. The molecule has 2 N–H and O–H groups in total. The van der Waals surface area contributed by atoms with Crippen molar-refractivity contribution < 1.29 is 9.84 Å². The van der Waals surface area contributed by atoms with Crippen molar-refractivity contribution in [3.8, 4) is 0 Å². The molecule has 0 amide bonds. The fourth-order valence-corrected chi connectivity index (χ4v) is 2.74. The highest BCUT2D eigenvalue weighted by atomic mass is 16.5. The second-order valence-corrected chi connectivity index (χ2v) is 5.56. The number of methoxy groups -OCH3 is 1. The Bertz CT molecular complexity index is 578. The number of ether oxygens (including phenoxy) is 1. The molecule has 106 valence electrons. The van der Waals surface area contributed by atoms with Crippen LogP contribution in [0.4, 0.5) is 0 Å². The van der Waals surface area contributed by atoms with E-state index in [9.17, 15) is 5.11 Å². The van der Waals surface area contributed by atoms with Gasteiger partial charge in [-0.15, -0.1) is 0 Å². The molecule has 1 unspecified atom stereocenters. The average Bonchev–Trinajstić information content (AvgIpc) is 2.45. The van der Waals surface area contributed by atoms with Crippen molar-refractivity contribution in [2.24, 2.45) is 0 Å². The summed E-state index contributed by atoms with van der Waals surface area (Å²) in [4.78, 5) is 0. The molecule has 1 aliphatic rings. The summed E-state index contributed by atoms with van der Waals surface area (Å²) in [6, 6.07) is 14.8. The number of aliphatic hydroxyl groups excluding tert-OH is 1. The average molecular weight is 271 g/mol. The SMILES string of the molecule is COC1CC(NCC(O)c2ccc3ccccc3c2)C1. The van der Waals surface area contributed by atoms with Crippen LogP contribution in [0.2, 0.25) is 0 Å². The number of nitrogens with one attached hydrogen (secondary N) is 1. The second-order valence-electron chi connectivity index (χ2n) is 5.56. The molecule has 2 aromatic carbocycles. The van der Waals surface area contributed by atoms with Crippen LogP contribution >= 0.6 is 0 Å². The van der Waals surface area contributed by atoms with Crippen LogP contribution in [-0.2, 0) is 4.74 Å². The summed E-state index contributed by atoms with van der Waals surface area (Å²) >= 11 is 0. The molecule has 3 heteroatoms. The Morgan fingerprint density at radius 2 is 1.95 bits per heavy atom. The number of benzene rings is 2. The molecule has 0 radical (unpaired) electrons. The molecule has 0 spiro atoms. The molecule has 1 fully saturated rings. The Balaban J connectivity index is 1.59. The lowest BCUT2D eigenvalue weighted by atomic mass is 9.89. The Kier molecular flexibility index (Phi) is 4.01. The van der Waals surface area contributed by atoms with E-state index < -0.39 is 6.10 Å². The van der Waals surface area contributed by atoms with Gasteiger partial charge in [-0.05, 0) is 35.2 Å². The monoisotopic (exact) mass is 271 g/mol. The van der Waals surface area contributed by atoms with Crippen LogP contribution in [0.15, 0.2) is 42.5 Å². The van der Waals surface area contributed by atoms with Crippen molar-refractivity contribution in [2.75, 3.05) is 13.7 Å². The van der Waals surface area contributed by atoms with Gasteiger partial charge in [-0.2, -0.15) is 0 Å². The lowest BCUT2D eigenvalue weighted by molar-refractivity contribution is 0.0137. The number of aliphatic hydroxyl groups is 1. The summed E-state index contributed by atoms with van der Waals surface area (Å²) in [6.45, 7) is 0.597. The van der Waals surface area contributed by atoms with E-state index in [0.717, 1.165) is 18.4 Å². The fourth-order valence-electron chi connectivity index (χ4n) is 2.74. The first-order chi connectivity index (χ1) is 9.76. The highest BCUT2D eigenvalue weighted by Crippen LogP contribution is 2.24. The van der Waals surface area contributed by atoms with E-state index in [1.54, 1.807) is 7.11 Å². The zero-order chi connectivity index (χ0) is 13.9. The zero-order valence-corrected chi connectivity index (χ0v) is 11.8. The van der Waals surface area contributed by atoms with E-state index in [0.29, 0.717) is 18.7 Å². The summed E-state index contributed by atoms with van der Waals surface area (Å²) in [5.74, 6) is 0. The molecule has 2 aromatic rings. The second kappa shape index (κ2) is 5.92. The molecular weight excluding hydrogens is 250 g/mol. The fraction of sp³-hybridized carbons (Fsp3) is 0.412. The largest absolute Gasteiger partial charge is 0.387 e. The maximum Gasteiger partial charge on any atom is 0.0914 e.